The zero-order chi connectivity index (χ0) is 11.5. The van der Waals surface area contributed by atoms with Gasteiger partial charge >= 0.3 is 0 Å². The molecule has 2 nitrogen and oxygen atoms in total. The maximum Gasteiger partial charge on any atom is 0.127 e. The number of phenolic OH excluding ortho intramolecular Hbond substituents is 1. The van der Waals surface area contributed by atoms with Crippen molar-refractivity contribution >= 4 is 0 Å². The standard InChI is InChI=1S/C13H18FNO/c1-2-3-10-6-13(10)15-8-9-4-11(14)7-12(16)5-9/h4-5,7,10,13,15-16H,2-3,6,8H2,1H3. The third kappa shape index (κ3) is 2.95. The number of hydrogen-bond acceptors (Lipinski definition) is 2. The fourth-order valence-electron chi connectivity index (χ4n) is 2.17. The van der Waals surface area contributed by atoms with Crippen LogP contribution in [0.5, 0.6) is 5.75 Å². The van der Waals surface area contributed by atoms with Crippen LogP contribution >= 0.6 is 0 Å². The highest BCUT2D eigenvalue weighted by Crippen LogP contribution is 2.34. The lowest BCUT2D eigenvalue weighted by Crippen LogP contribution is -2.17. The number of nitrogens with one attached hydrogen (secondary N) is 1. The van der Waals surface area contributed by atoms with E-state index in [0.29, 0.717) is 12.6 Å². The van der Waals surface area contributed by atoms with Gasteiger partial charge in [-0.3, -0.25) is 0 Å². The average Bonchev–Trinajstić information content (AvgIpc) is 2.93. The number of phenols is 1. The Morgan fingerprint density at radius 2 is 2.25 bits per heavy atom. The predicted octanol–water partition coefficient (Wildman–Crippen LogP) is 2.81. The summed E-state index contributed by atoms with van der Waals surface area (Å²) in [5.74, 6) is 0.419. The molecule has 2 unspecified atom stereocenters. The van der Waals surface area contributed by atoms with Gasteiger partial charge in [0.25, 0.3) is 0 Å². The van der Waals surface area contributed by atoms with Crippen molar-refractivity contribution in [2.24, 2.45) is 5.92 Å². The second-order valence-electron chi connectivity index (χ2n) is 4.59. The molecule has 0 bridgehead atoms. The van der Waals surface area contributed by atoms with Crippen molar-refractivity contribution in [2.45, 2.75) is 38.8 Å². The number of benzene rings is 1. The first-order valence-corrected chi connectivity index (χ1v) is 5.91. The molecule has 1 aromatic carbocycles. The van der Waals surface area contributed by atoms with E-state index >= 15 is 0 Å². The summed E-state index contributed by atoms with van der Waals surface area (Å²) in [5, 5.41) is 12.6. The minimum Gasteiger partial charge on any atom is -0.508 e. The smallest absolute Gasteiger partial charge is 0.127 e. The van der Waals surface area contributed by atoms with E-state index in [1.54, 1.807) is 6.07 Å². The van der Waals surface area contributed by atoms with E-state index in [1.165, 1.54) is 25.3 Å². The largest absolute Gasteiger partial charge is 0.508 e. The third-order valence-corrected chi connectivity index (χ3v) is 3.09. The maximum atomic E-state index is 13.0. The van der Waals surface area contributed by atoms with Crippen molar-refractivity contribution in [3.8, 4) is 5.75 Å². The van der Waals surface area contributed by atoms with Gasteiger partial charge in [0, 0.05) is 18.7 Å². The fraction of sp³-hybridized carbons (Fsp3) is 0.538. The van der Waals surface area contributed by atoms with Gasteiger partial charge in [0.2, 0.25) is 0 Å². The molecule has 0 heterocycles. The molecule has 16 heavy (non-hydrogen) atoms. The molecular formula is C13H18FNO. The fourth-order valence-corrected chi connectivity index (χ4v) is 2.17. The molecule has 0 saturated heterocycles. The molecule has 0 aromatic heterocycles. The normalized spacial score (nSPS) is 23.4. The molecule has 0 amide bonds. The van der Waals surface area contributed by atoms with Gasteiger partial charge in [-0.1, -0.05) is 13.3 Å². The van der Waals surface area contributed by atoms with Gasteiger partial charge in [0.05, 0.1) is 0 Å². The highest BCUT2D eigenvalue weighted by atomic mass is 19.1. The van der Waals surface area contributed by atoms with E-state index in [1.807, 2.05) is 0 Å². The summed E-state index contributed by atoms with van der Waals surface area (Å²) in [5.41, 5.74) is 0.805. The van der Waals surface area contributed by atoms with Crippen molar-refractivity contribution in [1.82, 2.24) is 5.32 Å². The molecule has 2 atom stereocenters. The summed E-state index contributed by atoms with van der Waals surface area (Å²) in [6, 6.07) is 4.78. The number of rotatable bonds is 5. The number of aromatic hydroxyl groups is 1. The van der Waals surface area contributed by atoms with Gasteiger partial charge in [-0.2, -0.15) is 0 Å². The third-order valence-electron chi connectivity index (χ3n) is 3.09. The molecule has 1 aliphatic rings. The minimum atomic E-state index is -0.377. The molecule has 2 rings (SSSR count). The van der Waals surface area contributed by atoms with E-state index in [0.717, 1.165) is 17.5 Å². The Bertz CT molecular complexity index is 347. The lowest BCUT2D eigenvalue weighted by molar-refractivity contribution is 0.467. The van der Waals surface area contributed by atoms with Crippen LogP contribution < -0.4 is 5.32 Å². The Labute approximate surface area is 95.5 Å². The Morgan fingerprint density at radius 3 is 2.94 bits per heavy atom. The first-order valence-electron chi connectivity index (χ1n) is 5.91. The molecule has 1 fully saturated rings. The van der Waals surface area contributed by atoms with Crippen LogP contribution in [0.2, 0.25) is 0 Å². The van der Waals surface area contributed by atoms with Crippen LogP contribution in [0.25, 0.3) is 0 Å². The molecule has 1 saturated carbocycles. The predicted molar refractivity (Wildman–Crippen MR) is 61.7 cm³/mol. The highest BCUT2D eigenvalue weighted by Gasteiger charge is 2.35. The second-order valence-corrected chi connectivity index (χ2v) is 4.59. The summed E-state index contributed by atoms with van der Waals surface area (Å²) in [4.78, 5) is 0. The van der Waals surface area contributed by atoms with E-state index < -0.39 is 0 Å². The molecule has 1 aromatic rings. The number of halogens is 1. The van der Waals surface area contributed by atoms with E-state index in [9.17, 15) is 9.50 Å². The monoisotopic (exact) mass is 223 g/mol. The van der Waals surface area contributed by atoms with Crippen LogP contribution in [-0.2, 0) is 6.54 Å². The zero-order valence-corrected chi connectivity index (χ0v) is 9.54. The van der Waals surface area contributed by atoms with E-state index in [2.05, 4.69) is 12.2 Å². The zero-order valence-electron chi connectivity index (χ0n) is 9.54. The van der Waals surface area contributed by atoms with Crippen LogP contribution in [0.1, 0.15) is 31.7 Å². The van der Waals surface area contributed by atoms with Crippen LogP contribution in [0.4, 0.5) is 4.39 Å². The lowest BCUT2D eigenvalue weighted by Gasteiger charge is -2.05. The van der Waals surface area contributed by atoms with Crippen LogP contribution in [0, 0.1) is 11.7 Å². The van der Waals surface area contributed by atoms with Gasteiger partial charge in [0.15, 0.2) is 0 Å². The molecule has 1 aliphatic carbocycles. The average molecular weight is 223 g/mol. The summed E-state index contributed by atoms with van der Waals surface area (Å²) in [7, 11) is 0. The summed E-state index contributed by atoms with van der Waals surface area (Å²) in [6.07, 6.45) is 3.73. The Balaban J connectivity index is 1.82. The van der Waals surface area contributed by atoms with Gasteiger partial charge in [-0.05, 0) is 36.5 Å². The molecule has 2 N–H and O–H groups in total. The van der Waals surface area contributed by atoms with E-state index in [-0.39, 0.29) is 11.6 Å². The van der Waals surface area contributed by atoms with Crippen molar-refractivity contribution in [3.05, 3.63) is 29.6 Å². The molecule has 88 valence electrons. The van der Waals surface area contributed by atoms with Gasteiger partial charge in [-0.25, -0.2) is 4.39 Å². The Hall–Kier alpha value is -1.09. The summed E-state index contributed by atoms with van der Waals surface area (Å²) >= 11 is 0. The SMILES string of the molecule is CCCC1CC1NCc1cc(O)cc(F)c1. The van der Waals surface area contributed by atoms with Crippen LogP contribution in [-0.4, -0.2) is 11.1 Å². The van der Waals surface area contributed by atoms with Crippen LogP contribution in [0.3, 0.4) is 0 Å². The van der Waals surface area contributed by atoms with Gasteiger partial charge in [-0.15, -0.1) is 0 Å². The van der Waals surface area contributed by atoms with Crippen LogP contribution in [0.15, 0.2) is 18.2 Å². The molecule has 0 aliphatic heterocycles. The molecule has 0 radical (unpaired) electrons. The molecule has 0 spiro atoms. The van der Waals surface area contributed by atoms with Crippen molar-refractivity contribution in [1.29, 1.82) is 0 Å². The first kappa shape index (κ1) is 11.4. The minimum absolute atomic E-state index is 0.00212. The lowest BCUT2D eigenvalue weighted by atomic mass is 10.2. The van der Waals surface area contributed by atoms with Crippen molar-refractivity contribution in [2.75, 3.05) is 0 Å². The summed E-state index contributed by atoms with van der Waals surface area (Å²) < 4.78 is 13.0. The van der Waals surface area contributed by atoms with Gasteiger partial charge < -0.3 is 10.4 Å². The summed E-state index contributed by atoms with van der Waals surface area (Å²) in [6.45, 7) is 2.83. The Kier molecular flexibility index (Phi) is 3.44. The number of hydrogen-bond donors (Lipinski definition) is 2. The first-order chi connectivity index (χ1) is 7.69. The highest BCUT2D eigenvalue weighted by molar-refractivity contribution is 5.28. The van der Waals surface area contributed by atoms with Gasteiger partial charge in [0.1, 0.15) is 11.6 Å². The second kappa shape index (κ2) is 4.83. The quantitative estimate of drug-likeness (QED) is 0.804. The molecular weight excluding hydrogens is 205 g/mol. The Morgan fingerprint density at radius 1 is 1.44 bits per heavy atom. The topological polar surface area (TPSA) is 32.3 Å². The van der Waals surface area contributed by atoms with Crippen molar-refractivity contribution < 1.29 is 9.50 Å². The molecule has 3 heteroatoms. The van der Waals surface area contributed by atoms with E-state index in [4.69, 9.17) is 0 Å². The maximum absolute atomic E-state index is 13.0. The van der Waals surface area contributed by atoms with Crippen molar-refractivity contribution in [3.63, 3.8) is 0 Å².